The number of aromatic amines is 1. The van der Waals surface area contributed by atoms with Gasteiger partial charge in [0.25, 0.3) is 0 Å². The van der Waals surface area contributed by atoms with Crippen molar-refractivity contribution in [2.24, 2.45) is 0 Å². The minimum absolute atomic E-state index is 0.0577. The molecule has 0 atom stereocenters. The molecule has 1 aliphatic rings. The lowest BCUT2D eigenvalue weighted by molar-refractivity contribution is 0.445. The SMILES string of the molecule is CS(=O)(=O)N1CC=C(c2cc3c(-c4ccc(F)c(F)c4F)ccnc3[nH]2)CC1. The van der Waals surface area contributed by atoms with Gasteiger partial charge in [-0.05, 0) is 41.8 Å². The lowest BCUT2D eigenvalue weighted by Crippen LogP contribution is -2.33. The zero-order valence-electron chi connectivity index (χ0n) is 14.8. The van der Waals surface area contributed by atoms with E-state index in [1.807, 2.05) is 6.08 Å². The van der Waals surface area contributed by atoms with E-state index in [9.17, 15) is 21.6 Å². The van der Waals surface area contributed by atoms with E-state index in [1.54, 1.807) is 6.07 Å². The molecule has 5 nitrogen and oxygen atoms in total. The van der Waals surface area contributed by atoms with E-state index in [1.165, 1.54) is 28.9 Å². The molecular weight excluding hydrogens is 391 g/mol. The molecule has 0 saturated heterocycles. The maximum atomic E-state index is 14.3. The number of halogens is 3. The van der Waals surface area contributed by atoms with Gasteiger partial charge in [0.15, 0.2) is 17.5 Å². The fourth-order valence-electron chi connectivity index (χ4n) is 3.37. The Morgan fingerprint density at radius 3 is 2.57 bits per heavy atom. The molecule has 1 N–H and O–H groups in total. The Morgan fingerprint density at radius 2 is 1.89 bits per heavy atom. The van der Waals surface area contributed by atoms with Crippen molar-refractivity contribution in [3.05, 3.63) is 59.7 Å². The quantitative estimate of drug-likeness (QED) is 0.674. The first-order valence-corrected chi connectivity index (χ1v) is 10.4. The van der Waals surface area contributed by atoms with E-state index in [4.69, 9.17) is 0 Å². The van der Waals surface area contributed by atoms with Crippen LogP contribution in [0.2, 0.25) is 0 Å². The zero-order chi connectivity index (χ0) is 20.1. The second-order valence-corrected chi connectivity index (χ2v) is 8.61. The van der Waals surface area contributed by atoms with Crippen molar-refractivity contribution in [2.45, 2.75) is 6.42 Å². The molecule has 0 fully saturated rings. The summed E-state index contributed by atoms with van der Waals surface area (Å²) in [5, 5.41) is 0.564. The topological polar surface area (TPSA) is 66.1 Å². The van der Waals surface area contributed by atoms with Gasteiger partial charge in [-0.15, -0.1) is 0 Å². The second kappa shape index (κ2) is 6.75. The van der Waals surface area contributed by atoms with Gasteiger partial charge in [-0.3, -0.25) is 0 Å². The summed E-state index contributed by atoms with van der Waals surface area (Å²) in [4.78, 5) is 7.36. The average molecular weight is 407 g/mol. The number of pyridine rings is 1. The van der Waals surface area contributed by atoms with Gasteiger partial charge in [-0.2, -0.15) is 4.31 Å². The van der Waals surface area contributed by atoms with Crippen LogP contribution in [0.3, 0.4) is 0 Å². The summed E-state index contributed by atoms with van der Waals surface area (Å²) in [5.41, 5.74) is 2.44. The van der Waals surface area contributed by atoms with Crippen LogP contribution in [-0.2, 0) is 10.0 Å². The minimum atomic E-state index is -3.25. The van der Waals surface area contributed by atoms with Crippen molar-refractivity contribution in [3.8, 4) is 11.1 Å². The van der Waals surface area contributed by atoms with Crippen LogP contribution in [0.25, 0.3) is 27.7 Å². The number of aromatic nitrogens is 2. The average Bonchev–Trinajstić information content (AvgIpc) is 3.10. The van der Waals surface area contributed by atoms with Gasteiger partial charge < -0.3 is 4.98 Å². The molecule has 1 aliphatic heterocycles. The molecule has 1 aromatic carbocycles. The van der Waals surface area contributed by atoms with Crippen molar-refractivity contribution < 1.29 is 21.6 Å². The number of H-pyrrole nitrogens is 1. The number of hydrogen-bond acceptors (Lipinski definition) is 3. The largest absolute Gasteiger partial charge is 0.339 e. The molecule has 0 saturated carbocycles. The zero-order valence-corrected chi connectivity index (χ0v) is 15.7. The van der Waals surface area contributed by atoms with Crippen LogP contribution < -0.4 is 0 Å². The summed E-state index contributed by atoms with van der Waals surface area (Å²) in [7, 11) is -3.25. The summed E-state index contributed by atoms with van der Waals surface area (Å²) in [6.07, 6.45) is 4.95. The Balaban J connectivity index is 1.77. The molecule has 0 radical (unpaired) electrons. The number of nitrogens with zero attached hydrogens (tertiary/aromatic N) is 2. The molecule has 3 aromatic rings. The van der Waals surface area contributed by atoms with Gasteiger partial charge in [0.1, 0.15) is 5.65 Å². The van der Waals surface area contributed by atoms with E-state index < -0.39 is 27.5 Å². The molecule has 28 heavy (non-hydrogen) atoms. The molecule has 2 aromatic heterocycles. The summed E-state index contributed by atoms with van der Waals surface area (Å²) in [6, 6.07) is 5.38. The van der Waals surface area contributed by atoms with E-state index in [-0.39, 0.29) is 12.1 Å². The van der Waals surface area contributed by atoms with Gasteiger partial charge in [0.2, 0.25) is 10.0 Å². The first-order valence-electron chi connectivity index (χ1n) is 8.52. The molecule has 3 heterocycles. The van der Waals surface area contributed by atoms with Crippen molar-refractivity contribution in [2.75, 3.05) is 19.3 Å². The first kappa shape index (κ1) is 18.7. The highest BCUT2D eigenvalue weighted by Gasteiger charge is 2.22. The number of fused-ring (bicyclic) bond motifs is 1. The van der Waals surface area contributed by atoms with Crippen LogP contribution in [0.1, 0.15) is 12.1 Å². The second-order valence-electron chi connectivity index (χ2n) is 6.63. The highest BCUT2D eigenvalue weighted by Crippen LogP contribution is 2.34. The van der Waals surface area contributed by atoms with Crippen LogP contribution in [0, 0.1) is 17.5 Å². The predicted octanol–water partition coefficient (Wildman–Crippen LogP) is 3.70. The number of sulfonamides is 1. The van der Waals surface area contributed by atoms with Crippen molar-refractivity contribution in [3.63, 3.8) is 0 Å². The third-order valence-corrected chi connectivity index (χ3v) is 6.11. The van der Waals surface area contributed by atoms with Crippen LogP contribution in [0.4, 0.5) is 13.2 Å². The predicted molar refractivity (Wildman–Crippen MR) is 100 cm³/mol. The highest BCUT2D eigenvalue weighted by atomic mass is 32.2. The molecule has 0 unspecified atom stereocenters. The first-order chi connectivity index (χ1) is 13.3. The van der Waals surface area contributed by atoms with E-state index in [0.29, 0.717) is 29.6 Å². The number of rotatable bonds is 3. The molecule has 4 rings (SSSR count). The monoisotopic (exact) mass is 407 g/mol. The molecule has 0 amide bonds. The number of hydrogen-bond donors (Lipinski definition) is 1. The van der Waals surface area contributed by atoms with Gasteiger partial charge >= 0.3 is 0 Å². The summed E-state index contributed by atoms with van der Waals surface area (Å²) in [5.74, 6) is -4.02. The van der Waals surface area contributed by atoms with Crippen molar-refractivity contribution >= 4 is 26.6 Å². The Labute approximate surface area is 159 Å². The normalized spacial score (nSPS) is 15.8. The van der Waals surface area contributed by atoms with Crippen molar-refractivity contribution in [1.29, 1.82) is 0 Å². The number of benzene rings is 1. The van der Waals surface area contributed by atoms with Gasteiger partial charge in [-0.25, -0.2) is 26.6 Å². The lowest BCUT2D eigenvalue weighted by Gasteiger charge is -2.23. The van der Waals surface area contributed by atoms with Crippen molar-refractivity contribution in [1.82, 2.24) is 14.3 Å². The van der Waals surface area contributed by atoms with Gasteiger partial charge in [0.05, 0.1) is 6.26 Å². The molecule has 0 spiro atoms. The maximum absolute atomic E-state index is 14.3. The molecule has 0 aliphatic carbocycles. The third-order valence-electron chi connectivity index (χ3n) is 4.84. The highest BCUT2D eigenvalue weighted by molar-refractivity contribution is 7.88. The standard InChI is InChI=1S/C19H16F3N3O2S/c1-28(26,27)25-8-5-11(6-9-25)16-10-14-12(4-7-23-19(14)24-16)13-2-3-15(20)18(22)17(13)21/h2-5,7,10H,6,8-9H2,1H3,(H,23,24). The summed E-state index contributed by atoms with van der Waals surface area (Å²) >= 11 is 0. The Hall–Kier alpha value is -2.65. The fourth-order valence-corrected chi connectivity index (χ4v) is 4.13. The Morgan fingerprint density at radius 1 is 1.11 bits per heavy atom. The van der Waals surface area contributed by atoms with Crippen LogP contribution in [0.5, 0.6) is 0 Å². The van der Waals surface area contributed by atoms with Gasteiger partial charge in [0, 0.05) is 35.9 Å². The minimum Gasteiger partial charge on any atom is -0.339 e. The molecule has 9 heteroatoms. The third kappa shape index (κ3) is 3.20. The van der Waals surface area contributed by atoms with Gasteiger partial charge in [-0.1, -0.05) is 6.08 Å². The van der Waals surface area contributed by atoms with Crippen LogP contribution in [0.15, 0.2) is 36.5 Å². The van der Waals surface area contributed by atoms with Crippen LogP contribution in [-0.4, -0.2) is 42.0 Å². The fraction of sp³-hybridized carbons (Fsp3) is 0.211. The Kier molecular flexibility index (Phi) is 4.51. The lowest BCUT2D eigenvalue weighted by atomic mass is 10.0. The summed E-state index contributed by atoms with van der Waals surface area (Å²) in [6.45, 7) is 0.625. The smallest absolute Gasteiger partial charge is 0.211 e. The maximum Gasteiger partial charge on any atom is 0.211 e. The molecular formula is C19H16F3N3O2S. The van der Waals surface area contributed by atoms with E-state index in [2.05, 4.69) is 9.97 Å². The Bertz CT molecular complexity index is 1220. The number of nitrogens with one attached hydrogen (secondary N) is 1. The molecule has 0 bridgehead atoms. The van der Waals surface area contributed by atoms with E-state index in [0.717, 1.165) is 17.3 Å². The summed E-state index contributed by atoms with van der Waals surface area (Å²) < 4.78 is 65.9. The molecule has 146 valence electrons. The van der Waals surface area contributed by atoms with E-state index >= 15 is 0 Å². The van der Waals surface area contributed by atoms with Crippen LogP contribution >= 0.6 is 0 Å².